The molecule has 2 heterocycles. The molecular weight excluding hydrogens is 332 g/mol. The minimum absolute atomic E-state index is 0.0526. The van der Waals surface area contributed by atoms with Crippen molar-refractivity contribution in [3.8, 4) is 0 Å². The van der Waals surface area contributed by atoms with E-state index in [-0.39, 0.29) is 30.7 Å². The van der Waals surface area contributed by atoms with E-state index in [9.17, 15) is 14.4 Å². The summed E-state index contributed by atoms with van der Waals surface area (Å²) in [6.07, 6.45) is 0. The highest BCUT2D eigenvalue weighted by molar-refractivity contribution is 9.11. The van der Waals surface area contributed by atoms with Gasteiger partial charge in [-0.2, -0.15) is 0 Å². The Morgan fingerprint density at radius 3 is 2.74 bits per heavy atom. The predicted octanol–water partition coefficient (Wildman–Crippen LogP) is 1.43. The molecule has 1 aliphatic heterocycles. The van der Waals surface area contributed by atoms with Crippen molar-refractivity contribution in [1.29, 1.82) is 0 Å². The summed E-state index contributed by atoms with van der Waals surface area (Å²) >= 11 is 4.64. The number of amides is 2. The van der Waals surface area contributed by atoms with E-state index < -0.39 is 5.54 Å². The van der Waals surface area contributed by atoms with Crippen LogP contribution in [0.3, 0.4) is 0 Å². The maximum absolute atomic E-state index is 12.1. The van der Waals surface area contributed by atoms with Crippen molar-refractivity contribution < 1.29 is 14.4 Å². The molecule has 0 radical (unpaired) electrons. The van der Waals surface area contributed by atoms with Crippen molar-refractivity contribution in [2.75, 3.05) is 13.1 Å². The number of nitrogens with one attached hydrogen (secondary N) is 1. The second kappa shape index (κ2) is 5.15. The molecule has 2 rings (SSSR count). The Labute approximate surface area is 123 Å². The average Bonchev–Trinajstić information content (AvgIpc) is 2.73. The summed E-state index contributed by atoms with van der Waals surface area (Å²) in [6.45, 7) is 3.51. The predicted molar refractivity (Wildman–Crippen MR) is 75.2 cm³/mol. The first kappa shape index (κ1) is 14.4. The number of Topliss-reactive ketones (excluding diaryl/α,β-unsaturated/α-hetero) is 1. The van der Waals surface area contributed by atoms with Gasteiger partial charge in [0.1, 0.15) is 0 Å². The van der Waals surface area contributed by atoms with Gasteiger partial charge in [-0.25, -0.2) is 0 Å². The van der Waals surface area contributed by atoms with Crippen LogP contribution in [-0.2, 0) is 9.59 Å². The first-order chi connectivity index (χ1) is 8.80. The molecule has 0 saturated carbocycles. The molecule has 1 aromatic heterocycles. The van der Waals surface area contributed by atoms with Crippen LogP contribution in [0, 0.1) is 0 Å². The van der Waals surface area contributed by atoms with Gasteiger partial charge in [0.2, 0.25) is 11.8 Å². The second-order valence-corrected chi connectivity index (χ2v) is 7.28. The molecule has 1 N–H and O–H groups in total. The summed E-state index contributed by atoms with van der Waals surface area (Å²) in [4.78, 5) is 37.5. The number of halogens is 1. The second-order valence-electron chi connectivity index (χ2n) is 4.82. The lowest BCUT2D eigenvalue weighted by Gasteiger charge is -2.39. The van der Waals surface area contributed by atoms with Gasteiger partial charge in [-0.05, 0) is 41.9 Å². The fourth-order valence-electron chi connectivity index (χ4n) is 1.80. The van der Waals surface area contributed by atoms with Crippen LogP contribution in [-0.4, -0.2) is 41.1 Å². The van der Waals surface area contributed by atoms with Crippen molar-refractivity contribution in [3.05, 3.63) is 20.8 Å². The molecule has 1 fully saturated rings. The zero-order valence-electron chi connectivity index (χ0n) is 10.5. The third-order valence-electron chi connectivity index (χ3n) is 3.12. The van der Waals surface area contributed by atoms with Crippen molar-refractivity contribution in [2.24, 2.45) is 0 Å². The molecule has 0 aliphatic carbocycles. The van der Waals surface area contributed by atoms with Crippen LogP contribution < -0.4 is 5.32 Å². The largest absolute Gasteiger partial charge is 0.294 e. The Balaban J connectivity index is 2.15. The molecule has 102 valence electrons. The van der Waals surface area contributed by atoms with E-state index in [1.54, 1.807) is 30.9 Å². The normalized spacial score (nSPS) is 19.3. The monoisotopic (exact) mass is 344 g/mol. The molecule has 1 aromatic rings. The number of ketones is 1. The zero-order valence-corrected chi connectivity index (χ0v) is 12.9. The van der Waals surface area contributed by atoms with E-state index in [4.69, 9.17) is 0 Å². The number of thiophene rings is 1. The Morgan fingerprint density at radius 1 is 1.47 bits per heavy atom. The molecular formula is C12H13BrN2O3S. The topological polar surface area (TPSA) is 66.5 Å². The molecule has 1 saturated heterocycles. The average molecular weight is 345 g/mol. The van der Waals surface area contributed by atoms with Gasteiger partial charge in [-0.15, -0.1) is 11.3 Å². The van der Waals surface area contributed by atoms with E-state index in [0.29, 0.717) is 4.88 Å². The molecule has 19 heavy (non-hydrogen) atoms. The fourth-order valence-corrected chi connectivity index (χ4v) is 3.12. The maximum Gasteiger partial charge on any atom is 0.246 e. The van der Waals surface area contributed by atoms with Gasteiger partial charge in [0, 0.05) is 0 Å². The third kappa shape index (κ3) is 2.93. The van der Waals surface area contributed by atoms with Gasteiger partial charge < -0.3 is 0 Å². The number of hydrogen-bond donors (Lipinski definition) is 1. The fraction of sp³-hybridized carbons (Fsp3) is 0.417. The van der Waals surface area contributed by atoms with Crippen molar-refractivity contribution in [1.82, 2.24) is 10.2 Å². The van der Waals surface area contributed by atoms with E-state index in [1.165, 1.54) is 11.3 Å². The SMILES string of the molecule is CC1(C)C(=O)NC(=O)CN1CC(=O)c1ccc(Br)s1. The molecule has 0 aromatic carbocycles. The number of rotatable bonds is 3. The summed E-state index contributed by atoms with van der Waals surface area (Å²) < 4.78 is 0.877. The van der Waals surface area contributed by atoms with Gasteiger partial charge >= 0.3 is 0 Å². The molecule has 5 nitrogen and oxygen atoms in total. The number of hydrogen-bond acceptors (Lipinski definition) is 5. The van der Waals surface area contributed by atoms with E-state index in [1.807, 2.05) is 0 Å². The molecule has 2 amide bonds. The number of carbonyl (C=O) groups is 3. The van der Waals surface area contributed by atoms with Gasteiger partial charge in [0.05, 0.1) is 27.3 Å². The summed E-state index contributed by atoms with van der Waals surface area (Å²) in [7, 11) is 0. The molecule has 0 bridgehead atoms. The minimum Gasteiger partial charge on any atom is -0.294 e. The van der Waals surface area contributed by atoms with Crippen LogP contribution in [0.4, 0.5) is 0 Å². The quantitative estimate of drug-likeness (QED) is 0.665. The molecule has 0 spiro atoms. The van der Waals surface area contributed by atoms with Gasteiger partial charge in [-0.3, -0.25) is 24.6 Å². The maximum atomic E-state index is 12.1. The summed E-state index contributed by atoms with van der Waals surface area (Å²) in [5.74, 6) is -0.834. The highest BCUT2D eigenvalue weighted by atomic mass is 79.9. The molecule has 1 aliphatic rings. The van der Waals surface area contributed by atoms with Crippen LogP contribution in [0.25, 0.3) is 0 Å². The first-order valence-electron chi connectivity index (χ1n) is 5.68. The first-order valence-corrected chi connectivity index (χ1v) is 7.29. The minimum atomic E-state index is -0.863. The van der Waals surface area contributed by atoms with Crippen LogP contribution in [0.2, 0.25) is 0 Å². The summed E-state index contributed by atoms with van der Waals surface area (Å²) in [5.41, 5.74) is -0.863. The van der Waals surface area contributed by atoms with Crippen LogP contribution in [0.1, 0.15) is 23.5 Å². The summed E-state index contributed by atoms with van der Waals surface area (Å²) in [5, 5.41) is 2.28. The van der Waals surface area contributed by atoms with Gasteiger partial charge in [0.15, 0.2) is 5.78 Å². The Kier molecular flexibility index (Phi) is 3.89. The molecule has 0 atom stereocenters. The van der Waals surface area contributed by atoms with E-state index in [0.717, 1.165) is 3.79 Å². The highest BCUT2D eigenvalue weighted by Gasteiger charge is 2.41. The van der Waals surface area contributed by atoms with Crippen LogP contribution >= 0.6 is 27.3 Å². The van der Waals surface area contributed by atoms with Gasteiger partial charge in [0.25, 0.3) is 0 Å². The molecule has 7 heteroatoms. The van der Waals surface area contributed by atoms with Crippen LogP contribution in [0.5, 0.6) is 0 Å². The lowest BCUT2D eigenvalue weighted by atomic mass is 9.98. The third-order valence-corrected chi connectivity index (χ3v) is 4.78. The van der Waals surface area contributed by atoms with E-state index in [2.05, 4.69) is 21.2 Å². The lowest BCUT2D eigenvalue weighted by Crippen LogP contribution is -2.64. The Morgan fingerprint density at radius 2 is 2.16 bits per heavy atom. The highest BCUT2D eigenvalue weighted by Crippen LogP contribution is 2.24. The number of piperazine rings is 1. The smallest absolute Gasteiger partial charge is 0.246 e. The Bertz CT molecular complexity index is 553. The number of imide groups is 1. The van der Waals surface area contributed by atoms with Crippen LogP contribution in [0.15, 0.2) is 15.9 Å². The van der Waals surface area contributed by atoms with Crippen molar-refractivity contribution >= 4 is 44.9 Å². The van der Waals surface area contributed by atoms with Crippen molar-refractivity contribution in [3.63, 3.8) is 0 Å². The number of carbonyl (C=O) groups excluding carboxylic acids is 3. The van der Waals surface area contributed by atoms with Crippen molar-refractivity contribution in [2.45, 2.75) is 19.4 Å². The summed E-state index contributed by atoms with van der Waals surface area (Å²) in [6, 6.07) is 3.53. The molecule has 0 unspecified atom stereocenters. The van der Waals surface area contributed by atoms with Gasteiger partial charge in [-0.1, -0.05) is 0 Å². The zero-order chi connectivity index (χ0) is 14.2. The number of nitrogens with zero attached hydrogens (tertiary/aromatic N) is 1. The lowest BCUT2D eigenvalue weighted by molar-refractivity contribution is -0.144. The Hall–Kier alpha value is -1.05. The standard InChI is InChI=1S/C12H13BrN2O3S/c1-12(2)11(18)14-10(17)6-15(12)5-7(16)8-3-4-9(13)19-8/h3-4H,5-6H2,1-2H3,(H,14,17,18). The van der Waals surface area contributed by atoms with E-state index >= 15 is 0 Å².